The van der Waals surface area contributed by atoms with Gasteiger partial charge in [-0.05, 0) is 31.6 Å². The molecule has 1 aliphatic carbocycles. The van der Waals surface area contributed by atoms with E-state index >= 15 is 0 Å². The molecule has 3 aliphatic rings. The molecule has 1 N–H and O–H groups in total. The van der Waals surface area contributed by atoms with Crippen LogP contribution in [-0.4, -0.2) is 25.8 Å². The van der Waals surface area contributed by atoms with Gasteiger partial charge >= 0.3 is 0 Å². The van der Waals surface area contributed by atoms with Gasteiger partial charge in [-0.15, -0.1) is 0 Å². The number of rotatable bonds is 1. The van der Waals surface area contributed by atoms with E-state index in [4.69, 9.17) is 4.74 Å². The SMILES string of the molecule is C1CC2(CCO1)CN[C@H]2C1CC1. The van der Waals surface area contributed by atoms with Gasteiger partial charge in [0.15, 0.2) is 0 Å². The molecule has 2 aliphatic heterocycles. The Morgan fingerprint density at radius 2 is 1.92 bits per heavy atom. The van der Waals surface area contributed by atoms with Gasteiger partial charge in [0, 0.05) is 31.2 Å². The molecule has 2 heterocycles. The summed E-state index contributed by atoms with van der Waals surface area (Å²) in [6.45, 7) is 3.27. The van der Waals surface area contributed by atoms with E-state index in [9.17, 15) is 0 Å². The largest absolute Gasteiger partial charge is 0.381 e. The maximum absolute atomic E-state index is 5.42. The number of nitrogens with one attached hydrogen (secondary N) is 1. The standard InChI is InChI=1S/C10H17NO/c1-2-8(1)9-10(7-11-9)3-5-12-6-4-10/h8-9,11H,1-7H2/t9-/m0/s1. The van der Waals surface area contributed by atoms with Crippen LogP contribution in [0.1, 0.15) is 25.7 Å². The van der Waals surface area contributed by atoms with Crippen LogP contribution in [0.2, 0.25) is 0 Å². The van der Waals surface area contributed by atoms with Gasteiger partial charge in [0.25, 0.3) is 0 Å². The summed E-state index contributed by atoms with van der Waals surface area (Å²) in [5.41, 5.74) is 0.666. The van der Waals surface area contributed by atoms with Crippen molar-refractivity contribution < 1.29 is 4.74 Å². The van der Waals surface area contributed by atoms with Gasteiger partial charge in [0.1, 0.15) is 0 Å². The van der Waals surface area contributed by atoms with Crippen molar-refractivity contribution in [2.24, 2.45) is 11.3 Å². The van der Waals surface area contributed by atoms with Gasteiger partial charge in [0.05, 0.1) is 0 Å². The molecule has 0 bridgehead atoms. The first-order valence-electron chi connectivity index (χ1n) is 5.22. The second kappa shape index (κ2) is 2.46. The Bertz CT molecular complexity index is 182. The minimum atomic E-state index is 0.666. The molecular formula is C10H17NO. The van der Waals surface area contributed by atoms with Crippen molar-refractivity contribution in [2.75, 3.05) is 19.8 Å². The minimum Gasteiger partial charge on any atom is -0.381 e. The topological polar surface area (TPSA) is 21.3 Å². The maximum Gasteiger partial charge on any atom is 0.0472 e. The van der Waals surface area contributed by atoms with E-state index in [1.54, 1.807) is 0 Å². The average Bonchev–Trinajstić information content (AvgIpc) is 2.88. The lowest BCUT2D eigenvalue weighted by Gasteiger charge is -2.53. The zero-order chi connectivity index (χ0) is 8.02. The van der Waals surface area contributed by atoms with Crippen LogP contribution in [0, 0.1) is 11.3 Å². The van der Waals surface area contributed by atoms with Gasteiger partial charge in [-0.2, -0.15) is 0 Å². The Morgan fingerprint density at radius 1 is 1.17 bits per heavy atom. The van der Waals surface area contributed by atoms with Crippen molar-refractivity contribution in [3.63, 3.8) is 0 Å². The van der Waals surface area contributed by atoms with Crippen LogP contribution in [-0.2, 0) is 4.74 Å². The predicted octanol–water partition coefficient (Wildman–Crippen LogP) is 1.17. The molecule has 0 amide bonds. The first-order valence-corrected chi connectivity index (χ1v) is 5.22. The van der Waals surface area contributed by atoms with E-state index in [1.165, 1.54) is 32.2 Å². The van der Waals surface area contributed by atoms with Crippen LogP contribution >= 0.6 is 0 Å². The molecule has 1 spiro atoms. The molecule has 2 nitrogen and oxygen atoms in total. The smallest absolute Gasteiger partial charge is 0.0472 e. The molecule has 0 radical (unpaired) electrons. The lowest BCUT2D eigenvalue weighted by Crippen LogP contribution is -2.65. The lowest BCUT2D eigenvalue weighted by molar-refractivity contribution is -0.0529. The van der Waals surface area contributed by atoms with Crippen LogP contribution in [0.5, 0.6) is 0 Å². The molecule has 0 aromatic carbocycles. The summed E-state index contributed by atoms with van der Waals surface area (Å²) in [6, 6.07) is 0.862. The van der Waals surface area contributed by atoms with Gasteiger partial charge in [0.2, 0.25) is 0 Å². The second-order valence-corrected chi connectivity index (χ2v) is 4.67. The van der Waals surface area contributed by atoms with E-state index in [0.717, 1.165) is 25.2 Å². The summed E-state index contributed by atoms with van der Waals surface area (Å²) < 4.78 is 5.42. The van der Waals surface area contributed by atoms with E-state index in [2.05, 4.69) is 5.32 Å². The van der Waals surface area contributed by atoms with Gasteiger partial charge in [-0.1, -0.05) is 0 Å². The molecule has 0 unspecified atom stereocenters. The quantitative estimate of drug-likeness (QED) is 0.633. The highest BCUT2D eigenvalue weighted by Gasteiger charge is 2.52. The lowest BCUT2D eigenvalue weighted by atomic mass is 9.66. The Labute approximate surface area is 73.7 Å². The zero-order valence-corrected chi connectivity index (χ0v) is 7.51. The monoisotopic (exact) mass is 167 g/mol. The number of hydrogen-bond donors (Lipinski definition) is 1. The highest BCUT2D eigenvalue weighted by molar-refractivity contribution is 5.08. The molecule has 3 fully saturated rings. The highest BCUT2D eigenvalue weighted by atomic mass is 16.5. The highest BCUT2D eigenvalue weighted by Crippen LogP contribution is 2.49. The minimum absolute atomic E-state index is 0.666. The van der Waals surface area contributed by atoms with Crippen molar-refractivity contribution in [3.05, 3.63) is 0 Å². The Hall–Kier alpha value is -0.0800. The molecule has 68 valence electrons. The Kier molecular flexibility index (Phi) is 1.50. The molecule has 1 atom stereocenters. The molecule has 12 heavy (non-hydrogen) atoms. The Morgan fingerprint density at radius 3 is 2.42 bits per heavy atom. The van der Waals surface area contributed by atoms with E-state index in [-0.39, 0.29) is 0 Å². The summed E-state index contributed by atoms with van der Waals surface area (Å²) in [5, 5.41) is 3.61. The molecule has 2 heteroatoms. The zero-order valence-electron chi connectivity index (χ0n) is 7.51. The van der Waals surface area contributed by atoms with E-state index in [1.807, 2.05) is 0 Å². The fraction of sp³-hybridized carbons (Fsp3) is 1.00. The molecule has 1 saturated carbocycles. The third-order valence-corrected chi connectivity index (χ3v) is 3.92. The maximum atomic E-state index is 5.42. The summed E-state index contributed by atoms with van der Waals surface area (Å²) >= 11 is 0. The normalized spacial score (nSPS) is 39.5. The molecule has 0 aromatic heterocycles. The van der Waals surface area contributed by atoms with Crippen LogP contribution in [0.15, 0.2) is 0 Å². The molecule has 3 rings (SSSR count). The molecule has 0 aromatic rings. The van der Waals surface area contributed by atoms with Crippen molar-refractivity contribution in [3.8, 4) is 0 Å². The predicted molar refractivity (Wildman–Crippen MR) is 47.0 cm³/mol. The number of hydrogen-bond acceptors (Lipinski definition) is 2. The first-order chi connectivity index (χ1) is 5.91. The third kappa shape index (κ3) is 0.944. The fourth-order valence-corrected chi connectivity index (χ4v) is 2.87. The van der Waals surface area contributed by atoms with Crippen molar-refractivity contribution >= 4 is 0 Å². The van der Waals surface area contributed by atoms with E-state index in [0.29, 0.717) is 5.41 Å². The van der Waals surface area contributed by atoms with Crippen molar-refractivity contribution in [2.45, 2.75) is 31.7 Å². The summed E-state index contributed by atoms with van der Waals surface area (Å²) in [6.07, 6.45) is 5.56. The van der Waals surface area contributed by atoms with Gasteiger partial charge in [-0.25, -0.2) is 0 Å². The summed E-state index contributed by atoms with van der Waals surface area (Å²) in [5.74, 6) is 1.02. The molecular weight excluding hydrogens is 150 g/mol. The van der Waals surface area contributed by atoms with Crippen molar-refractivity contribution in [1.29, 1.82) is 0 Å². The van der Waals surface area contributed by atoms with Crippen LogP contribution in [0.25, 0.3) is 0 Å². The first kappa shape index (κ1) is 7.34. The third-order valence-electron chi connectivity index (χ3n) is 3.92. The van der Waals surface area contributed by atoms with Crippen molar-refractivity contribution in [1.82, 2.24) is 5.32 Å². The second-order valence-electron chi connectivity index (χ2n) is 4.67. The summed E-state index contributed by atoms with van der Waals surface area (Å²) in [7, 11) is 0. The molecule has 2 saturated heterocycles. The van der Waals surface area contributed by atoms with Gasteiger partial charge < -0.3 is 10.1 Å². The van der Waals surface area contributed by atoms with Crippen LogP contribution in [0.3, 0.4) is 0 Å². The van der Waals surface area contributed by atoms with Crippen LogP contribution in [0.4, 0.5) is 0 Å². The summed E-state index contributed by atoms with van der Waals surface area (Å²) in [4.78, 5) is 0. The fourth-order valence-electron chi connectivity index (χ4n) is 2.87. The van der Waals surface area contributed by atoms with Crippen LogP contribution < -0.4 is 5.32 Å². The number of ether oxygens (including phenoxy) is 1. The average molecular weight is 167 g/mol. The Balaban J connectivity index is 1.71. The van der Waals surface area contributed by atoms with E-state index < -0.39 is 0 Å². The van der Waals surface area contributed by atoms with Gasteiger partial charge in [-0.3, -0.25) is 0 Å².